The predicted molar refractivity (Wildman–Crippen MR) is 37.0 cm³/mol. The first-order chi connectivity index (χ1) is 4.70. The summed E-state index contributed by atoms with van der Waals surface area (Å²) in [6.45, 7) is 1.60. The molecule has 0 saturated carbocycles. The third kappa shape index (κ3) is 4.03. The van der Waals surface area contributed by atoms with Crippen molar-refractivity contribution in [3.8, 4) is 0 Å². The number of nitrogens with two attached hydrogens (primary N) is 1. The molecule has 0 atom stereocenters. The summed E-state index contributed by atoms with van der Waals surface area (Å²) in [4.78, 5) is 21.0. The molecule has 0 aliphatic carbocycles. The summed E-state index contributed by atoms with van der Waals surface area (Å²) in [5, 5.41) is 2.34. The number of hydrogen-bond donors (Lipinski definition) is 2. The maximum Gasteiger partial charge on any atom is 0.234 e. The van der Waals surface area contributed by atoms with Gasteiger partial charge in [0.05, 0.1) is 13.1 Å². The van der Waals surface area contributed by atoms with Crippen LogP contribution in [-0.2, 0) is 9.59 Å². The lowest BCUT2D eigenvalue weighted by Crippen LogP contribution is -2.34. The van der Waals surface area contributed by atoms with Gasteiger partial charge in [0, 0.05) is 6.42 Å². The van der Waals surface area contributed by atoms with Crippen molar-refractivity contribution in [1.29, 1.82) is 0 Å². The molecule has 0 fully saturated rings. The van der Waals surface area contributed by atoms with Gasteiger partial charge in [0.2, 0.25) is 5.91 Å². The molecule has 3 N–H and O–H groups in total. The number of hydrogen-bond acceptors (Lipinski definition) is 3. The van der Waals surface area contributed by atoms with Gasteiger partial charge in [-0.25, -0.2) is 0 Å². The highest BCUT2D eigenvalue weighted by Crippen LogP contribution is 1.74. The quantitative estimate of drug-likeness (QED) is 0.522. The van der Waals surface area contributed by atoms with Crippen LogP contribution in [0.2, 0.25) is 0 Å². The second-order valence-electron chi connectivity index (χ2n) is 1.74. The number of carbonyl (C=O) groups is 2. The smallest absolute Gasteiger partial charge is 0.234 e. The number of carbonyl (C=O) groups excluding carboxylic acids is 2. The van der Waals surface area contributed by atoms with Crippen molar-refractivity contribution in [2.75, 3.05) is 13.1 Å². The predicted octanol–water partition coefficient (Wildman–Crippen LogP) is -1.15. The van der Waals surface area contributed by atoms with E-state index in [2.05, 4.69) is 5.32 Å². The Morgan fingerprint density at radius 1 is 1.60 bits per heavy atom. The van der Waals surface area contributed by atoms with Gasteiger partial charge in [-0.05, 0) is 0 Å². The average Bonchev–Trinajstić information content (AvgIpc) is 1.99. The highest BCUT2D eigenvalue weighted by molar-refractivity contribution is 5.91. The normalized spacial score (nSPS) is 9.00. The molecular formula is C6H11N2O2. The Kier molecular flexibility index (Phi) is 4.49. The maximum atomic E-state index is 10.5. The molecule has 4 nitrogen and oxygen atoms in total. The minimum Gasteiger partial charge on any atom is -0.348 e. The highest BCUT2D eigenvalue weighted by atomic mass is 16.2. The van der Waals surface area contributed by atoms with E-state index in [4.69, 9.17) is 5.73 Å². The van der Waals surface area contributed by atoms with Gasteiger partial charge < -0.3 is 11.1 Å². The van der Waals surface area contributed by atoms with Crippen LogP contribution < -0.4 is 11.1 Å². The van der Waals surface area contributed by atoms with E-state index < -0.39 is 0 Å². The fraction of sp³-hybridized carbons (Fsp3) is 0.500. The van der Waals surface area contributed by atoms with Gasteiger partial charge in [-0.1, -0.05) is 6.92 Å². The first kappa shape index (κ1) is 9.10. The second-order valence-corrected chi connectivity index (χ2v) is 1.74. The van der Waals surface area contributed by atoms with E-state index in [1.165, 1.54) is 6.42 Å². The fourth-order valence-electron chi connectivity index (χ4n) is 0.360. The molecular weight excluding hydrogens is 132 g/mol. The van der Waals surface area contributed by atoms with Crippen LogP contribution >= 0.6 is 0 Å². The molecule has 0 aliphatic rings. The van der Waals surface area contributed by atoms with Gasteiger partial charge in [-0.15, -0.1) is 0 Å². The van der Waals surface area contributed by atoms with E-state index in [-0.39, 0.29) is 24.8 Å². The van der Waals surface area contributed by atoms with Gasteiger partial charge >= 0.3 is 0 Å². The summed E-state index contributed by atoms with van der Waals surface area (Å²) in [6.07, 6.45) is 1.40. The molecule has 0 aromatic rings. The summed E-state index contributed by atoms with van der Waals surface area (Å²) in [7, 11) is 0. The van der Waals surface area contributed by atoms with E-state index in [0.29, 0.717) is 0 Å². The van der Waals surface area contributed by atoms with Crippen molar-refractivity contribution in [3.05, 3.63) is 6.42 Å². The van der Waals surface area contributed by atoms with Gasteiger partial charge in [0.25, 0.3) is 0 Å². The Morgan fingerprint density at radius 2 is 2.20 bits per heavy atom. The van der Waals surface area contributed by atoms with Crippen LogP contribution in [0.3, 0.4) is 0 Å². The van der Waals surface area contributed by atoms with Crippen molar-refractivity contribution < 1.29 is 9.59 Å². The average molecular weight is 143 g/mol. The number of Topliss-reactive ketones (excluding diaryl/α,β-unsaturated/α-hetero) is 1. The molecule has 0 heterocycles. The van der Waals surface area contributed by atoms with Crippen LogP contribution in [0.15, 0.2) is 0 Å². The standard InChI is InChI=1S/C6H11N2O2/c1-2-5(9)4-8-6(10)3-7/h2H,3-4,7H2,1H3,(H,8,10). The first-order valence-electron chi connectivity index (χ1n) is 2.99. The molecule has 0 aliphatic heterocycles. The molecule has 10 heavy (non-hydrogen) atoms. The lowest BCUT2D eigenvalue weighted by Gasteiger charge is -1.98. The molecule has 0 spiro atoms. The van der Waals surface area contributed by atoms with Crippen LogP contribution in [0.1, 0.15) is 6.92 Å². The zero-order valence-electron chi connectivity index (χ0n) is 5.89. The minimum atomic E-state index is -0.310. The number of rotatable bonds is 4. The molecule has 1 radical (unpaired) electrons. The van der Waals surface area contributed by atoms with Crippen LogP contribution in [0.25, 0.3) is 0 Å². The SMILES string of the molecule is C[CH]C(=O)CNC(=O)CN. The maximum absolute atomic E-state index is 10.5. The van der Waals surface area contributed by atoms with E-state index in [9.17, 15) is 9.59 Å². The number of ketones is 1. The van der Waals surface area contributed by atoms with E-state index in [1.54, 1.807) is 6.92 Å². The van der Waals surface area contributed by atoms with Gasteiger partial charge in [-0.3, -0.25) is 9.59 Å². The molecule has 1 amide bonds. The molecule has 0 aromatic carbocycles. The van der Waals surface area contributed by atoms with E-state index in [1.807, 2.05) is 0 Å². The zero-order chi connectivity index (χ0) is 7.98. The molecule has 0 bridgehead atoms. The van der Waals surface area contributed by atoms with Gasteiger partial charge in [0.1, 0.15) is 0 Å². The lowest BCUT2D eigenvalue weighted by atomic mass is 10.3. The lowest BCUT2D eigenvalue weighted by molar-refractivity contribution is -0.123. The van der Waals surface area contributed by atoms with Crippen LogP contribution in [0.4, 0.5) is 0 Å². The summed E-state index contributed by atoms with van der Waals surface area (Å²) < 4.78 is 0. The zero-order valence-corrected chi connectivity index (χ0v) is 5.89. The minimum absolute atomic E-state index is 0.0481. The number of amides is 1. The molecule has 0 rings (SSSR count). The van der Waals surface area contributed by atoms with Crippen LogP contribution in [0.5, 0.6) is 0 Å². The fourth-order valence-corrected chi connectivity index (χ4v) is 0.360. The van der Waals surface area contributed by atoms with Gasteiger partial charge in [-0.2, -0.15) is 0 Å². The Bertz CT molecular complexity index is 118. The molecule has 4 heteroatoms. The third-order valence-corrected chi connectivity index (χ3v) is 0.967. The summed E-state index contributed by atoms with van der Waals surface area (Å²) in [5.74, 6) is -0.419. The monoisotopic (exact) mass is 143 g/mol. The summed E-state index contributed by atoms with van der Waals surface area (Å²) in [5.41, 5.74) is 4.97. The molecule has 0 unspecified atom stereocenters. The first-order valence-corrected chi connectivity index (χ1v) is 2.99. The topological polar surface area (TPSA) is 72.2 Å². The van der Waals surface area contributed by atoms with Crippen molar-refractivity contribution in [3.63, 3.8) is 0 Å². The van der Waals surface area contributed by atoms with Gasteiger partial charge in [0.15, 0.2) is 5.78 Å². The Balaban J connectivity index is 3.35. The van der Waals surface area contributed by atoms with E-state index >= 15 is 0 Å². The summed E-state index contributed by atoms with van der Waals surface area (Å²) in [6, 6.07) is 0. The largest absolute Gasteiger partial charge is 0.348 e. The van der Waals surface area contributed by atoms with Crippen molar-refractivity contribution >= 4 is 11.7 Å². The summed E-state index contributed by atoms with van der Waals surface area (Å²) >= 11 is 0. The van der Waals surface area contributed by atoms with Crippen LogP contribution in [0, 0.1) is 6.42 Å². The van der Waals surface area contributed by atoms with E-state index in [0.717, 1.165) is 0 Å². The second kappa shape index (κ2) is 4.93. The Labute approximate surface area is 59.8 Å². The molecule has 0 aromatic heterocycles. The van der Waals surface area contributed by atoms with Crippen molar-refractivity contribution in [2.45, 2.75) is 6.92 Å². The van der Waals surface area contributed by atoms with Crippen molar-refractivity contribution in [2.24, 2.45) is 5.73 Å². The third-order valence-electron chi connectivity index (χ3n) is 0.967. The van der Waals surface area contributed by atoms with Crippen LogP contribution in [-0.4, -0.2) is 24.8 Å². The molecule has 0 saturated heterocycles. The van der Waals surface area contributed by atoms with Crippen molar-refractivity contribution in [1.82, 2.24) is 5.32 Å². The number of nitrogens with one attached hydrogen (secondary N) is 1. The Hall–Kier alpha value is -0.900. The molecule has 57 valence electrons. The highest BCUT2D eigenvalue weighted by Gasteiger charge is 2.00. The Morgan fingerprint density at radius 3 is 2.60 bits per heavy atom.